The van der Waals surface area contributed by atoms with E-state index in [1.165, 1.54) is 16.2 Å². The van der Waals surface area contributed by atoms with E-state index in [4.69, 9.17) is 4.74 Å². The molecule has 2 amide bonds. The first-order chi connectivity index (χ1) is 17.0. The van der Waals surface area contributed by atoms with Gasteiger partial charge in [0.2, 0.25) is 5.91 Å². The van der Waals surface area contributed by atoms with Crippen LogP contribution in [0.25, 0.3) is 0 Å². The molecule has 35 heavy (non-hydrogen) atoms. The molecular weight excluding hydrogens is 480 g/mol. The van der Waals surface area contributed by atoms with Crippen LogP contribution in [0.15, 0.2) is 89.4 Å². The number of hydrogen-bond donors (Lipinski definition) is 1. The van der Waals surface area contributed by atoms with Crippen molar-refractivity contribution in [1.29, 1.82) is 0 Å². The van der Waals surface area contributed by atoms with E-state index in [0.29, 0.717) is 5.75 Å². The number of carbonyl (C=O) groups is 3. The van der Waals surface area contributed by atoms with Crippen molar-refractivity contribution in [3.63, 3.8) is 0 Å². The Labute approximate surface area is 212 Å². The molecule has 8 heteroatoms. The number of rotatable bonds is 7. The van der Waals surface area contributed by atoms with Gasteiger partial charge in [-0.15, -0.1) is 23.1 Å². The van der Waals surface area contributed by atoms with E-state index in [0.717, 1.165) is 21.6 Å². The highest BCUT2D eigenvalue weighted by Gasteiger charge is 2.54. The maximum Gasteiger partial charge on any atom is 0.356 e. The van der Waals surface area contributed by atoms with Crippen molar-refractivity contribution in [1.82, 2.24) is 10.2 Å². The molecule has 2 aliphatic heterocycles. The second-order valence-corrected chi connectivity index (χ2v) is 10.6. The van der Waals surface area contributed by atoms with Crippen LogP contribution in [0.2, 0.25) is 0 Å². The molecule has 1 fully saturated rings. The Hall–Kier alpha value is -3.36. The van der Waals surface area contributed by atoms with Gasteiger partial charge in [-0.2, -0.15) is 0 Å². The fourth-order valence-electron chi connectivity index (χ4n) is 4.31. The van der Waals surface area contributed by atoms with E-state index in [1.54, 1.807) is 11.8 Å². The Morgan fingerprint density at radius 1 is 1.03 bits per heavy atom. The molecule has 2 aromatic carbocycles. The molecule has 0 bridgehead atoms. The van der Waals surface area contributed by atoms with Gasteiger partial charge in [0.1, 0.15) is 17.1 Å². The number of carbonyl (C=O) groups excluding carboxylic acids is 3. The lowest BCUT2D eigenvalue weighted by Gasteiger charge is -2.49. The fraction of sp³-hybridized carbons (Fsp3) is 0.222. The largest absolute Gasteiger partial charge is 0.448 e. The van der Waals surface area contributed by atoms with Crippen molar-refractivity contribution < 1.29 is 19.1 Å². The van der Waals surface area contributed by atoms with Gasteiger partial charge in [0.15, 0.2) is 6.10 Å². The third-order valence-corrected chi connectivity index (χ3v) is 8.31. The zero-order chi connectivity index (χ0) is 24.4. The van der Waals surface area contributed by atoms with Crippen molar-refractivity contribution in [2.45, 2.75) is 30.9 Å². The summed E-state index contributed by atoms with van der Waals surface area (Å²) in [6, 6.07) is 22.2. The number of amides is 2. The van der Waals surface area contributed by atoms with Crippen LogP contribution in [0.3, 0.4) is 0 Å². The Kier molecular flexibility index (Phi) is 6.74. The van der Waals surface area contributed by atoms with Crippen molar-refractivity contribution >= 4 is 40.9 Å². The number of hydrogen-bond acceptors (Lipinski definition) is 6. The summed E-state index contributed by atoms with van der Waals surface area (Å²) in [5.41, 5.74) is 2.76. The van der Waals surface area contributed by atoms with Gasteiger partial charge < -0.3 is 10.1 Å². The molecule has 6 nitrogen and oxygen atoms in total. The Morgan fingerprint density at radius 2 is 1.69 bits per heavy atom. The molecule has 0 saturated carbocycles. The maximum atomic E-state index is 13.5. The molecule has 0 aliphatic carbocycles. The van der Waals surface area contributed by atoms with Crippen LogP contribution in [0.4, 0.5) is 0 Å². The summed E-state index contributed by atoms with van der Waals surface area (Å²) in [5, 5.41) is 4.44. The number of esters is 1. The lowest BCUT2D eigenvalue weighted by molar-refractivity contribution is -0.154. The first-order valence-electron chi connectivity index (χ1n) is 11.3. The third-order valence-electron chi connectivity index (χ3n) is 6.01. The van der Waals surface area contributed by atoms with E-state index in [9.17, 15) is 14.4 Å². The zero-order valence-corrected chi connectivity index (χ0v) is 20.7. The number of thioether (sulfide) groups is 1. The summed E-state index contributed by atoms with van der Waals surface area (Å²) in [4.78, 5) is 41.5. The Morgan fingerprint density at radius 3 is 2.29 bits per heavy atom. The number of nitrogens with zero attached hydrogens (tertiary/aromatic N) is 1. The molecule has 1 N–H and O–H groups in total. The zero-order valence-electron chi connectivity index (χ0n) is 19.0. The number of fused-ring (bicyclic) bond motifs is 1. The van der Waals surface area contributed by atoms with Crippen LogP contribution in [0, 0.1) is 0 Å². The van der Waals surface area contributed by atoms with Crippen LogP contribution in [-0.4, -0.2) is 39.9 Å². The summed E-state index contributed by atoms with van der Waals surface area (Å²) in [5.74, 6) is -0.446. The minimum atomic E-state index is -0.651. The number of nitrogens with one attached hydrogen (secondary N) is 1. The van der Waals surface area contributed by atoms with Crippen LogP contribution < -0.4 is 5.32 Å². The molecule has 3 heterocycles. The van der Waals surface area contributed by atoms with Crippen molar-refractivity contribution in [3.8, 4) is 0 Å². The van der Waals surface area contributed by atoms with Crippen molar-refractivity contribution in [2.75, 3.05) is 5.75 Å². The van der Waals surface area contributed by atoms with E-state index in [-0.39, 0.29) is 29.3 Å². The molecular formula is C27H24N2O4S2. The number of β-lactam (4-membered cyclic amide) rings is 1. The standard InChI is InChI=1S/C27H24N2O4S2/c1-17-16-35-26-22(28-21(30)15-20-13-8-14-34-20)25(31)29(26)23(17)27(32)33-24(18-9-4-2-5-10-18)19-11-6-3-7-12-19/h2-14,22,24,26H,15-16H2,1H3,(H,28,30)/t22?,26-/m1/s1. The monoisotopic (exact) mass is 504 g/mol. The highest BCUT2D eigenvalue weighted by Crippen LogP contribution is 2.41. The van der Waals surface area contributed by atoms with Gasteiger partial charge in [-0.25, -0.2) is 4.79 Å². The number of thiophene rings is 1. The Bertz CT molecular complexity index is 1220. The number of benzene rings is 2. The van der Waals surface area contributed by atoms with Crippen molar-refractivity contribution in [3.05, 3.63) is 105 Å². The molecule has 3 aromatic rings. The molecule has 1 aromatic heterocycles. The van der Waals surface area contributed by atoms with Gasteiger partial charge in [-0.3, -0.25) is 14.5 Å². The van der Waals surface area contributed by atoms with Crippen LogP contribution in [0.1, 0.15) is 29.0 Å². The predicted molar refractivity (Wildman–Crippen MR) is 137 cm³/mol. The second-order valence-electron chi connectivity index (χ2n) is 8.45. The summed E-state index contributed by atoms with van der Waals surface area (Å²) in [7, 11) is 0. The van der Waals surface area contributed by atoms with Gasteiger partial charge in [0.25, 0.3) is 5.91 Å². The van der Waals surface area contributed by atoms with E-state index in [1.807, 2.05) is 85.1 Å². The molecule has 0 spiro atoms. The molecule has 1 saturated heterocycles. The van der Waals surface area contributed by atoms with Gasteiger partial charge in [-0.1, -0.05) is 66.7 Å². The first-order valence-corrected chi connectivity index (χ1v) is 13.2. The maximum absolute atomic E-state index is 13.5. The normalized spacial score (nSPS) is 19.3. The lowest BCUT2D eigenvalue weighted by atomic mass is 10.0. The minimum Gasteiger partial charge on any atom is -0.448 e. The van der Waals surface area contributed by atoms with Gasteiger partial charge in [0.05, 0.1) is 6.42 Å². The minimum absolute atomic E-state index is 0.199. The highest BCUT2D eigenvalue weighted by atomic mass is 32.2. The van der Waals surface area contributed by atoms with E-state index >= 15 is 0 Å². The van der Waals surface area contributed by atoms with Crippen molar-refractivity contribution in [2.24, 2.45) is 0 Å². The summed E-state index contributed by atoms with van der Waals surface area (Å²) in [6.45, 7) is 1.84. The average molecular weight is 505 g/mol. The molecule has 5 rings (SSSR count). The van der Waals surface area contributed by atoms with Crippen LogP contribution in [-0.2, 0) is 25.5 Å². The summed E-state index contributed by atoms with van der Waals surface area (Å²) in [6.07, 6.45) is -0.366. The second kappa shape index (κ2) is 10.1. The number of ether oxygens (including phenoxy) is 1. The molecule has 0 radical (unpaired) electrons. The quantitative estimate of drug-likeness (QED) is 0.384. The van der Waals surface area contributed by atoms with Gasteiger partial charge in [-0.05, 0) is 35.1 Å². The van der Waals surface area contributed by atoms with Crippen LogP contribution in [0.5, 0.6) is 0 Å². The predicted octanol–water partition coefficient (Wildman–Crippen LogP) is 4.30. The smallest absolute Gasteiger partial charge is 0.356 e. The van der Waals surface area contributed by atoms with Crippen LogP contribution >= 0.6 is 23.1 Å². The highest BCUT2D eigenvalue weighted by molar-refractivity contribution is 8.00. The third kappa shape index (κ3) is 4.76. The topological polar surface area (TPSA) is 75.7 Å². The van der Waals surface area contributed by atoms with Gasteiger partial charge in [0, 0.05) is 10.6 Å². The fourth-order valence-corrected chi connectivity index (χ4v) is 6.30. The first kappa shape index (κ1) is 23.4. The summed E-state index contributed by atoms with van der Waals surface area (Å²) < 4.78 is 6.03. The van der Waals surface area contributed by atoms with Gasteiger partial charge >= 0.3 is 5.97 Å². The SMILES string of the molecule is CC1=C(C(=O)OC(c2ccccc2)c2ccccc2)N2C(=O)C(NC(=O)Cc3cccs3)[C@H]2SC1. The van der Waals surface area contributed by atoms with E-state index in [2.05, 4.69) is 5.32 Å². The lowest BCUT2D eigenvalue weighted by Crippen LogP contribution is -2.70. The van der Waals surface area contributed by atoms with E-state index < -0.39 is 18.1 Å². The molecule has 2 aliphatic rings. The Balaban J connectivity index is 1.33. The molecule has 2 atom stereocenters. The molecule has 178 valence electrons. The summed E-state index contributed by atoms with van der Waals surface area (Å²) >= 11 is 3.05. The molecule has 1 unspecified atom stereocenters. The average Bonchev–Trinajstić information content (AvgIpc) is 3.39.